The minimum absolute atomic E-state index is 0.108. The normalized spacial score (nSPS) is 14.8. The molecule has 0 unspecified atom stereocenters. The van der Waals surface area contributed by atoms with Crippen molar-refractivity contribution in [2.75, 3.05) is 4.90 Å². The number of carbonyl (C=O) groups is 2. The largest absolute Gasteiger partial charge is 0.277 e. The van der Waals surface area contributed by atoms with Crippen LogP contribution >= 0.6 is 34.8 Å². The van der Waals surface area contributed by atoms with Crippen LogP contribution < -0.4 is 4.90 Å². The van der Waals surface area contributed by atoms with Gasteiger partial charge in [0.1, 0.15) is 5.03 Å². The lowest BCUT2D eigenvalue weighted by molar-refractivity contribution is -0.119. The molecule has 0 aromatic heterocycles. The molecule has 122 valence electrons. The molecule has 3 rings (SSSR count). The van der Waals surface area contributed by atoms with Crippen LogP contribution in [0.15, 0.2) is 41.4 Å². The highest BCUT2D eigenvalue weighted by Gasteiger charge is 2.39. The van der Waals surface area contributed by atoms with Gasteiger partial charge in [0.15, 0.2) is 0 Å². The number of halogens is 3. The van der Waals surface area contributed by atoms with Crippen molar-refractivity contribution >= 4 is 57.9 Å². The van der Waals surface area contributed by atoms with Gasteiger partial charge in [-0.15, -0.1) is 0 Å². The number of carbonyl (C=O) groups excluding carboxylic acids is 2. The molecule has 0 N–H and O–H groups in total. The molecule has 0 saturated carbocycles. The first-order valence-electron chi connectivity index (χ1n) is 7.12. The van der Waals surface area contributed by atoms with Crippen LogP contribution in [0.4, 0.5) is 5.69 Å². The van der Waals surface area contributed by atoms with E-state index in [0.29, 0.717) is 21.3 Å². The summed E-state index contributed by atoms with van der Waals surface area (Å²) in [7, 11) is 0. The number of hydrogen-bond acceptors (Lipinski definition) is 2. The first kappa shape index (κ1) is 17.0. The molecule has 3 nitrogen and oxygen atoms in total. The summed E-state index contributed by atoms with van der Waals surface area (Å²) in [5, 5.41) is 0.548. The lowest BCUT2D eigenvalue weighted by Crippen LogP contribution is -2.31. The van der Waals surface area contributed by atoms with Gasteiger partial charge in [-0.3, -0.25) is 9.59 Å². The summed E-state index contributed by atoms with van der Waals surface area (Å²) in [6.07, 6.45) is 0. The van der Waals surface area contributed by atoms with E-state index < -0.39 is 11.8 Å². The third-order valence-corrected chi connectivity index (χ3v) is 4.57. The molecule has 2 aromatic rings. The molecule has 0 fully saturated rings. The summed E-state index contributed by atoms with van der Waals surface area (Å²) < 4.78 is 0. The van der Waals surface area contributed by atoms with Crippen LogP contribution in [0.5, 0.6) is 0 Å². The van der Waals surface area contributed by atoms with Crippen LogP contribution in [-0.4, -0.2) is 11.8 Å². The standard InChI is InChI=1S/C18H12Cl3NO2/c1-9-3-4-14(10(2)5-9)15-16(21)18(24)22(17(15)23)13-7-11(19)6-12(20)8-13/h3-8H,1-2H3. The first-order chi connectivity index (χ1) is 11.3. The van der Waals surface area contributed by atoms with E-state index in [0.717, 1.165) is 16.0 Å². The average molecular weight is 381 g/mol. The molecule has 0 bridgehead atoms. The van der Waals surface area contributed by atoms with Crippen LogP contribution in [0.2, 0.25) is 10.0 Å². The quantitative estimate of drug-likeness (QED) is 0.677. The molecule has 1 aliphatic heterocycles. The second kappa shape index (κ2) is 6.25. The molecule has 1 heterocycles. The minimum Gasteiger partial charge on any atom is -0.268 e. The van der Waals surface area contributed by atoms with Gasteiger partial charge in [0.25, 0.3) is 11.8 Å². The van der Waals surface area contributed by atoms with E-state index in [2.05, 4.69) is 0 Å². The van der Waals surface area contributed by atoms with Crippen molar-refractivity contribution in [1.82, 2.24) is 0 Å². The Hall–Kier alpha value is -1.81. The number of amides is 2. The Kier molecular flexibility index (Phi) is 4.43. The van der Waals surface area contributed by atoms with Gasteiger partial charge in [0, 0.05) is 10.0 Å². The number of anilines is 1. The predicted molar refractivity (Wildman–Crippen MR) is 97.6 cm³/mol. The summed E-state index contributed by atoms with van der Waals surface area (Å²) in [5.74, 6) is -1.08. The van der Waals surface area contributed by atoms with Crippen molar-refractivity contribution < 1.29 is 9.59 Å². The average Bonchev–Trinajstić information content (AvgIpc) is 2.69. The number of imide groups is 1. The van der Waals surface area contributed by atoms with Crippen LogP contribution in [-0.2, 0) is 9.59 Å². The van der Waals surface area contributed by atoms with Crippen molar-refractivity contribution in [3.05, 3.63) is 68.2 Å². The van der Waals surface area contributed by atoms with E-state index in [9.17, 15) is 9.59 Å². The Morgan fingerprint density at radius 2 is 1.46 bits per heavy atom. The minimum atomic E-state index is -0.588. The Balaban J connectivity index is 2.11. The van der Waals surface area contributed by atoms with Gasteiger partial charge in [-0.25, -0.2) is 4.90 Å². The molecular formula is C18H12Cl3NO2. The Morgan fingerprint density at radius 3 is 2.04 bits per heavy atom. The van der Waals surface area contributed by atoms with E-state index in [1.54, 1.807) is 6.07 Å². The first-order valence-corrected chi connectivity index (χ1v) is 8.25. The van der Waals surface area contributed by atoms with Crippen LogP contribution in [0.1, 0.15) is 16.7 Å². The monoisotopic (exact) mass is 379 g/mol. The van der Waals surface area contributed by atoms with Gasteiger partial charge in [-0.1, -0.05) is 58.6 Å². The van der Waals surface area contributed by atoms with Gasteiger partial charge in [-0.05, 0) is 43.2 Å². The van der Waals surface area contributed by atoms with Gasteiger partial charge in [0.2, 0.25) is 0 Å². The highest BCUT2D eigenvalue weighted by atomic mass is 35.5. The SMILES string of the molecule is Cc1ccc(C2=C(Cl)C(=O)N(c3cc(Cl)cc(Cl)c3)C2=O)c(C)c1. The summed E-state index contributed by atoms with van der Waals surface area (Å²) in [4.78, 5) is 26.4. The van der Waals surface area contributed by atoms with E-state index in [4.69, 9.17) is 34.8 Å². The van der Waals surface area contributed by atoms with E-state index in [1.807, 2.05) is 26.0 Å². The fourth-order valence-corrected chi connectivity index (χ4v) is 3.52. The number of benzene rings is 2. The topological polar surface area (TPSA) is 37.4 Å². The van der Waals surface area contributed by atoms with Crippen molar-refractivity contribution in [3.63, 3.8) is 0 Å². The third-order valence-electron chi connectivity index (χ3n) is 3.78. The Bertz CT molecular complexity index is 898. The fraction of sp³-hybridized carbons (Fsp3) is 0.111. The molecule has 0 spiro atoms. The Labute approximate surface area is 154 Å². The third kappa shape index (κ3) is 2.84. The maximum absolute atomic E-state index is 12.9. The molecule has 0 aliphatic carbocycles. The van der Waals surface area contributed by atoms with Gasteiger partial charge in [-0.2, -0.15) is 0 Å². The highest BCUT2D eigenvalue weighted by Crippen LogP contribution is 2.37. The van der Waals surface area contributed by atoms with Crippen molar-refractivity contribution in [3.8, 4) is 0 Å². The molecule has 0 radical (unpaired) electrons. The van der Waals surface area contributed by atoms with Crippen LogP contribution in [0, 0.1) is 13.8 Å². The summed E-state index contributed by atoms with van der Waals surface area (Å²) in [6.45, 7) is 3.82. The summed E-state index contributed by atoms with van der Waals surface area (Å²) in [6, 6.07) is 10.1. The predicted octanol–water partition coefficient (Wildman–Crippen LogP) is 5.13. The zero-order valence-corrected chi connectivity index (χ0v) is 15.1. The van der Waals surface area contributed by atoms with E-state index in [1.165, 1.54) is 18.2 Å². The summed E-state index contributed by atoms with van der Waals surface area (Å²) >= 11 is 18.1. The lowest BCUT2D eigenvalue weighted by Gasteiger charge is -2.16. The maximum atomic E-state index is 12.9. The number of rotatable bonds is 2. The maximum Gasteiger partial charge on any atom is 0.277 e. The fourth-order valence-electron chi connectivity index (χ4n) is 2.73. The van der Waals surface area contributed by atoms with Crippen LogP contribution in [0.25, 0.3) is 5.57 Å². The Morgan fingerprint density at radius 1 is 0.833 bits per heavy atom. The van der Waals surface area contributed by atoms with Crippen LogP contribution in [0.3, 0.4) is 0 Å². The molecule has 1 aliphatic rings. The summed E-state index contributed by atoms with van der Waals surface area (Å²) in [5.41, 5.74) is 3.05. The van der Waals surface area contributed by atoms with Crippen molar-refractivity contribution in [2.45, 2.75) is 13.8 Å². The smallest absolute Gasteiger partial charge is 0.268 e. The number of nitrogens with zero attached hydrogens (tertiary/aromatic N) is 1. The zero-order chi connectivity index (χ0) is 17.6. The molecule has 2 amide bonds. The van der Waals surface area contributed by atoms with Gasteiger partial charge < -0.3 is 0 Å². The molecular weight excluding hydrogens is 369 g/mol. The highest BCUT2D eigenvalue weighted by molar-refractivity contribution is 6.60. The van der Waals surface area contributed by atoms with Crippen molar-refractivity contribution in [1.29, 1.82) is 0 Å². The number of hydrogen-bond donors (Lipinski definition) is 0. The molecule has 24 heavy (non-hydrogen) atoms. The second-order valence-corrected chi connectivity index (χ2v) is 6.83. The van der Waals surface area contributed by atoms with Gasteiger partial charge >= 0.3 is 0 Å². The second-order valence-electron chi connectivity index (χ2n) is 5.58. The zero-order valence-electron chi connectivity index (χ0n) is 12.9. The molecule has 6 heteroatoms. The molecule has 0 saturated heterocycles. The van der Waals surface area contributed by atoms with Gasteiger partial charge in [0.05, 0.1) is 11.3 Å². The van der Waals surface area contributed by atoms with Crippen molar-refractivity contribution in [2.24, 2.45) is 0 Å². The molecule has 2 aromatic carbocycles. The van der Waals surface area contributed by atoms with E-state index in [-0.39, 0.29) is 10.6 Å². The lowest BCUT2D eigenvalue weighted by atomic mass is 9.99. The van der Waals surface area contributed by atoms with E-state index >= 15 is 0 Å². The number of aryl methyl sites for hydroxylation is 2. The molecule has 0 atom stereocenters.